The molecule has 5 heteroatoms. The smallest absolute Gasteiger partial charge is 0.175 e. The Bertz CT molecular complexity index is 418. The maximum atomic E-state index is 8.51. The topological polar surface area (TPSA) is 51.0 Å². The maximum absolute atomic E-state index is 8.51. The number of nitrogens with zero attached hydrogens (tertiary/aromatic N) is 1. The summed E-state index contributed by atoms with van der Waals surface area (Å²) in [6.45, 7) is 6.40. The fourth-order valence-corrected chi connectivity index (χ4v) is 1.85. The van der Waals surface area contributed by atoms with Crippen molar-refractivity contribution in [3.05, 3.63) is 34.8 Å². The van der Waals surface area contributed by atoms with E-state index in [2.05, 4.69) is 27.7 Å². The lowest BCUT2D eigenvalue weighted by Gasteiger charge is -2.13. The van der Waals surface area contributed by atoms with Gasteiger partial charge in [0.2, 0.25) is 0 Å². The zero-order valence-corrected chi connectivity index (χ0v) is 11.1. The molecule has 92 valence electrons. The third-order valence-electron chi connectivity index (χ3n) is 1.88. The van der Waals surface area contributed by atoms with Crippen LogP contribution in [0.5, 0.6) is 11.5 Å². The molecule has 0 aliphatic heterocycles. The molecule has 0 aliphatic carbocycles. The number of ether oxygens (including phenoxy) is 2. The molecule has 0 unspecified atom stereocenters. The predicted octanol–water partition coefficient (Wildman–Crippen LogP) is 3.22. The van der Waals surface area contributed by atoms with Crippen LogP contribution in [-0.4, -0.2) is 24.6 Å². The minimum atomic E-state index is 0.395. The highest BCUT2D eigenvalue weighted by atomic mass is 79.9. The fraction of sp³-hybridized carbons (Fsp3) is 0.250. The Morgan fingerprint density at radius 2 is 2.24 bits per heavy atom. The third-order valence-corrected chi connectivity index (χ3v) is 2.47. The van der Waals surface area contributed by atoms with Gasteiger partial charge in [0.05, 0.1) is 17.3 Å². The molecule has 0 saturated heterocycles. The lowest BCUT2D eigenvalue weighted by molar-refractivity contribution is 0.295. The van der Waals surface area contributed by atoms with Crippen molar-refractivity contribution in [1.29, 1.82) is 0 Å². The van der Waals surface area contributed by atoms with Gasteiger partial charge in [0.15, 0.2) is 11.5 Å². The molecule has 1 rings (SSSR count). The SMILES string of the molecule is C=CCOc1c(Br)cc(C=NO)cc1OCC. The fourth-order valence-electron chi connectivity index (χ4n) is 1.27. The van der Waals surface area contributed by atoms with Gasteiger partial charge in [-0.1, -0.05) is 17.8 Å². The summed E-state index contributed by atoms with van der Waals surface area (Å²) in [6.07, 6.45) is 2.98. The first-order valence-corrected chi connectivity index (χ1v) is 5.89. The molecule has 17 heavy (non-hydrogen) atoms. The van der Waals surface area contributed by atoms with Gasteiger partial charge in [-0.15, -0.1) is 0 Å². The number of halogens is 1. The molecule has 0 aromatic heterocycles. The van der Waals surface area contributed by atoms with Crippen LogP contribution in [0.25, 0.3) is 0 Å². The summed E-state index contributed by atoms with van der Waals surface area (Å²) >= 11 is 3.39. The second kappa shape index (κ2) is 6.96. The van der Waals surface area contributed by atoms with Crippen molar-refractivity contribution in [3.63, 3.8) is 0 Å². The van der Waals surface area contributed by atoms with E-state index in [0.717, 1.165) is 4.47 Å². The highest BCUT2D eigenvalue weighted by Crippen LogP contribution is 2.36. The monoisotopic (exact) mass is 299 g/mol. The Morgan fingerprint density at radius 3 is 2.82 bits per heavy atom. The zero-order valence-electron chi connectivity index (χ0n) is 9.52. The Labute approximate surface area is 109 Å². The second-order valence-corrected chi connectivity index (χ2v) is 3.96. The van der Waals surface area contributed by atoms with Crippen molar-refractivity contribution in [2.75, 3.05) is 13.2 Å². The quantitative estimate of drug-likeness (QED) is 0.380. The summed E-state index contributed by atoms with van der Waals surface area (Å²) in [5.41, 5.74) is 0.716. The Hall–Kier alpha value is -1.49. The normalized spacial score (nSPS) is 10.5. The number of rotatable bonds is 6. The van der Waals surface area contributed by atoms with Gasteiger partial charge in [-0.3, -0.25) is 0 Å². The van der Waals surface area contributed by atoms with E-state index in [4.69, 9.17) is 14.7 Å². The molecule has 0 heterocycles. The van der Waals surface area contributed by atoms with E-state index in [1.807, 2.05) is 6.92 Å². The van der Waals surface area contributed by atoms with E-state index in [1.54, 1.807) is 18.2 Å². The van der Waals surface area contributed by atoms with Crippen LogP contribution in [-0.2, 0) is 0 Å². The van der Waals surface area contributed by atoms with Gasteiger partial charge in [-0.2, -0.15) is 0 Å². The lowest BCUT2D eigenvalue weighted by Crippen LogP contribution is -2.00. The van der Waals surface area contributed by atoms with Crippen molar-refractivity contribution < 1.29 is 14.7 Å². The highest BCUT2D eigenvalue weighted by Gasteiger charge is 2.11. The van der Waals surface area contributed by atoms with Crippen LogP contribution < -0.4 is 9.47 Å². The Kier molecular flexibility index (Phi) is 5.56. The Morgan fingerprint density at radius 1 is 1.47 bits per heavy atom. The van der Waals surface area contributed by atoms with Gasteiger partial charge < -0.3 is 14.7 Å². The summed E-state index contributed by atoms with van der Waals surface area (Å²) in [7, 11) is 0. The van der Waals surface area contributed by atoms with E-state index in [1.165, 1.54) is 6.21 Å². The van der Waals surface area contributed by atoms with Crippen molar-refractivity contribution in [3.8, 4) is 11.5 Å². The molecule has 1 aromatic carbocycles. The molecule has 4 nitrogen and oxygen atoms in total. The molecule has 0 aliphatic rings. The number of oxime groups is 1. The molecule has 0 amide bonds. The van der Waals surface area contributed by atoms with Crippen molar-refractivity contribution in [2.45, 2.75) is 6.92 Å². The van der Waals surface area contributed by atoms with Crippen LogP contribution in [0.1, 0.15) is 12.5 Å². The summed E-state index contributed by atoms with van der Waals surface area (Å²) in [4.78, 5) is 0. The molecule has 0 spiro atoms. The van der Waals surface area contributed by atoms with Crippen LogP contribution in [0.3, 0.4) is 0 Å². The van der Waals surface area contributed by atoms with Gasteiger partial charge in [0.25, 0.3) is 0 Å². The molecule has 1 aromatic rings. The van der Waals surface area contributed by atoms with E-state index < -0.39 is 0 Å². The van der Waals surface area contributed by atoms with E-state index >= 15 is 0 Å². The van der Waals surface area contributed by atoms with E-state index in [-0.39, 0.29) is 0 Å². The van der Waals surface area contributed by atoms with Gasteiger partial charge in [-0.25, -0.2) is 0 Å². The molecule has 0 atom stereocenters. The van der Waals surface area contributed by atoms with Gasteiger partial charge in [0, 0.05) is 5.56 Å². The summed E-state index contributed by atoms with van der Waals surface area (Å²) < 4.78 is 11.7. The van der Waals surface area contributed by atoms with Crippen molar-refractivity contribution in [1.82, 2.24) is 0 Å². The zero-order chi connectivity index (χ0) is 12.7. The summed E-state index contributed by atoms with van der Waals surface area (Å²) in [5, 5.41) is 11.5. The second-order valence-electron chi connectivity index (χ2n) is 3.11. The first-order valence-electron chi connectivity index (χ1n) is 5.10. The molecule has 0 saturated carbocycles. The summed E-state index contributed by atoms with van der Waals surface area (Å²) in [6, 6.07) is 3.52. The lowest BCUT2D eigenvalue weighted by atomic mass is 10.2. The predicted molar refractivity (Wildman–Crippen MR) is 70.4 cm³/mol. The first-order chi connectivity index (χ1) is 8.22. The standard InChI is InChI=1S/C12H14BrNO3/c1-3-5-17-12-10(13)6-9(8-14-15)7-11(12)16-4-2/h3,6-8,15H,1,4-5H2,2H3. The first kappa shape index (κ1) is 13.6. The average molecular weight is 300 g/mol. The average Bonchev–Trinajstić information content (AvgIpc) is 2.29. The van der Waals surface area contributed by atoms with Crippen LogP contribution >= 0.6 is 15.9 Å². The Balaban J connectivity index is 3.12. The van der Waals surface area contributed by atoms with Crippen LogP contribution in [0, 0.1) is 0 Å². The van der Waals surface area contributed by atoms with Crippen molar-refractivity contribution in [2.24, 2.45) is 5.16 Å². The number of benzene rings is 1. The van der Waals surface area contributed by atoms with Gasteiger partial charge in [-0.05, 0) is 35.0 Å². The summed E-state index contributed by atoms with van der Waals surface area (Å²) in [5.74, 6) is 1.21. The van der Waals surface area contributed by atoms with E-state index in [0.29, 0.717) is 30.3 Å². The molecule has 1 N–H and O–H groups in total. The van der Waals surface area contributed by atoms with Crippen LogP contribution in [0.15, 0.2) is 34.4 Å². The minimum Gasteiger partial charge on any atom is -0.490 e. The molecule has 0 bridgehead atoms. The van der Waals surface area contributed by atoms with Crippen LogP contribution in [0.2, 0.25) is 0 Å². The molecular formula is C12H14BrNO3. The van der Waals surface area contributed by atoms with E-state index in [9.17, 15) is 0 Å². The largest absolute Gasteiger partial charge is 0.490 e. The number of hydrogen-bond acceptors (Lipinski definition) is 4. The van der Waals surface area contributed by atoms with Crippen molar-refractivity contribution >= 4 is 22.1 Å². The number of hydrogen-bond donors (Lipinski definition) is 1. The van der Waals surface area contributed by atoms with Crippen LogP contribution in [0.4, 0.5) is 0 Å². The molecule has 0 radical (unpaired) electrons. The molecular weight excluding hydrogens is 286 g/mol. The minimum absolute atomic E-state index is 0.395. The molecule has 0 fully saturated rings. The highest BCUT2D eigenvalue weighted by molar-refractivity contribution is 9.10. The van der Waals surface area contributed by atoms with Gasteiger partial charge in [0.1, 0.15) is 6.61 Å². The third kappa shape index (κ3) is 3.78. The van der Waals surface area contributed by atoms with Gasteiger partial charge >= 0.3 is 0 Å². The maximum Gasteiger partial charge on any atom is 0.175 e.